The molecule has 0 heterocycles. The second-order valence-corrected chi connectivity index (χ2v) is 3.78. The highest BCUT2D eigenvalue weighted by Gasteiger charge is 2.27. The van der Waals surface area contributed by atoms with Gasteiger partial charge >= 0.3 is 0 Å². The summed E-state index contributed by atoms with van der Waals surface area (Å²) in [6.07, 6.45) is 0. The fraction of sp³-hybridized carbons (Fsp3) is 0. The highest BCUT2D eigenvalue weighted by Crippen LogP contribution is 2.36. The van der Waals surface area contributed by atoms with Crippen LogP contribution in [0.4, 0.5) is 27.6 Å². The van der Waals surface area contributed by atoms with Crippen molar-refractivity contribution in [2.75, 3.05) is 0 Å². The Hall–Kier alpha value is -2.51. The lowest BCUT2D eigenvalue weighted by Crippen LogP contribution is -2.01. The molecule has 3 nitrogen and oxygen atoms in total. The Bertz CT molecular complexity index is 694. The first kappa shape index (κ1) is 13.9. The topological polar surface area (TPSA) is 43.1 Å². The van der Waals surface area contributed by atoms with Crippen molar-refractivity contribution in [3.05, 3.63) is 63.5 Å². The molecular formula is C12H4F5NO2. The summed E-state index contributed by atoms with van der Waals surface area (Å²) in [7, 11) is 0. The van der Waals surface area contributed by atoms with E-state index in [4.69, 9.17) is 0 Å². The number of nitrogens with zero attached hydrogens (tertiary/aromatic N) is 1. The van der Waals surface area contributed by atoms with Gasteiger partial charge < -0.3 is 0 Å². The largest absolute Gasteiger partial charge is 0.283 e. The van der Waals surface area contributed by atoms with Gasteiger partial charge in [0.25, 0.3) is 5.69 Å². The molecule has 8 heteroatoms. The highest BCUT2D eigenvalue weighted by molar-refractivity contribution is 5.75. The van der Waals surface area contributed by atoms with Crippen LogP contribution in [0.2, 0.25) is 0 Å². The molecule has 0 radical (unpaired) electrons. The Kier molecular flexibility index (Phi) is 3.39. The highest BCUT2D eigenvalue weighted by atomic mass is 19.2. The Balaban J connectivity index is 2.86. The Morgan fingerprint density at radius 3 is 1.60 bits per heavy atom. The lowest BCUT2D eigenvalue weighted by atomic mass is 10.0. The number of hydrogen-bond acceptors (Lipinski definition) is 2. The maximum Gasteiger partial charge on any atom is 0.283 e. The van der Waals surface area contributed by atoms with Gasteiger partial charge in [0.05, 0.1) is 16.6 Å². The quantitative estimate of drug-likeness (QED) is 0.477. The fourth-order valence-electron chi connectivity index (χ4n) is 1.73. The molecule has 0 N–H and O–H groups in total. The normalized spacial score (nSPS) is 10.7. The first-order valence-electron chi connectivity index (χ1n) is 5.09. The molecule has 0 atom stereocenters. The summed E-state index contributed by atoms with van der Waals surface area (Å²) in [5, 5.41) is 10.7. The van der Waals surface area contributed by atoms with E-state index in [9.17, 15) is 32.1 Å². The molecule has 0 bridgehead atoms. The van der Waals surface area contributed by atoms with E-state index < -0.39 is 50.8 Å². The lowest BCUT2D eigenvalue weighted by Gasteiger charge is -2.08. The monoisotopic (exact) mass is 289 g/mol. The van der Waals surface area contributed by atoms with E-state index in [2.05, 4.69) is 0 Å². The minimum Gasteiger partial charge on any atom is -0.258 e. The number of rotatable bonds is 2. The number of hydrogen-bond donors (Lipinski definition) is 0. The van der Waals surface area contributed by atoms with Crippen LogP contribution in [0.15, 0.2) is 24.3 Å². The first-order chi connectivity index (χ1) is 9.31. The van der Waals surface area contributed by atoms with Crippen LogP contribution in [0.5, 0.6) is 0 Å². The van der Waals surface area contributed by atoms with Crippen molar-refractivity contribution in [3.63, 3.8) is 0 Å². The van der Waals surface area contributed by atoms with Gasteiger partial charge in [-0.2, -0.15) is 0 Å². The molecule has 104 valence electrons. The van der Waals surface area contributed by atoms with Crippen LogP contribution in [-0.2, 0) is 0 Å². The second kappa shape index (κ2) is 4.87. The number of benzene rings is 2. The first-order valence-corrected chi connectivity index (χ1v) is 5.09. The van der Waals surface area contributed by atoms with Gasteiger partial charge in [-0.05, 0) is 0 Å². The molecule has 0 spiro atoms. The van der Waals surface area contributed by atoms with E-state index in [0.717, 1.165) is 0 Å². The number of nitro benzene ring substituents is 1. The maximum absolute atomic E-state index is 13.6. The van der Waals surface area contributed by atoms with Gasteiger partial charge in [-0.1, -0.05) is 0 Å². The molecule has 0 aliphatic carbocycles. The molecule has 0 unspecified atom stereocenters. The van der Waals surface area contributed by atoms with Crippen LogP contribution in [0.3, 0.4) is 0 Å². The standard InChI is InChI=1S/C12H4F5NO2/c13-5-1-7(15)11(8(16)2-5)12-9(17)3-6(14)4-10(12)18(19)20/h1-4H. The van der Waals surface area contributed by atoms with Crippen LogP contribution < -0.4 is 0 Å². The minimum atomic E-state index is -1.53. The average Bonchev–Trinajstić information content (AvgIpc) is 2.29. The summed E-state index contributed by atoms with van der Waals surface area (Å²) in [6.45, 7) is 0. The van der Waals surface area contributed by atoms with Crippen molar-refractivity contribution in [2.45, 2.75) is 0 Å². The molecule has 2 rings (SSSR count). The Morgan fingerprint density at radius 1 is 0.750 bits per heavy atom. The van der Waals surface area contributed by atoms with Crippen LogP contribution in [0, 0.1) is 39.2 Å². The van der Waals surface area contributed by atoms with E-state index in [-0.39, 0.29) is 18.2 Å². The molecule has 0 aliphatic heterocycles. The van der Waals surface area contributed by atoms with Gasteiger partial charge in [-0.3, -0.25) is 10.1 Å². The SMILES string of the molecule is O=[N+]([O-])c1cc(F)cc(F)c1-c1c(F)cc(F)cc1F. The second-order valence-electron chi connectivity index (χ2n) is 3.78. The third kappa shape index (κ3) is 2.31. The molecule has 0 aromatic heterocycles. The molecule has 2 aromatic rings. The zero-order chi connectivity index (χ0) is 15.0. The van der Waals surface area contributed by atoms with Crippen LogP contribution in [-0.4, -0.2) is 4.92 Å². The molecule has 0 fully saturated rings. The summed E-state index contributed by atoms with van der Waals surface area (Å²) in [4.78, 5) is 9.55. The molecule has 20 heavy (non-hydrogen) atoms. The predicted molar refractivity (Wildman–Crippen MR) is 58.3 cm³/mol. The molecule has 0 saturated carbocycles. The minimum absolute atomic E-state index is 0.241. The van der Waals surface area contributed by atoms with Gasteiger partial charge in [-0.25, -0.2) is 22.0 Å². The van der Waals surface area contributed by atoms with E-state index >= 15 is 0 Å². The van der Waals surface area contributed by atoms with Crippen LogP contribution in [0.25, 0.3) is 11.1 Å². The predicted octanol–water partition coefficient (Wildman–Crippen LogP) is 3.96. The fourth-order valence-corrected chi connectivity index (χ4v) is 1.73. The lowest BCUT2D eigenvalue weighted by molar-refractivity contribution is -0.384. The average molecular weight is 289 g/mol. The third-order valence-electron chi connectivity index (χ3n) is 2.49. The molecular weight excluding hydrogens is 285 g/mol. The van der Waals surface area contributed by atoms with Crippen molar-refractivity contribution in [3.8, 4) is 11.1 Å². The molecule has 0 aliphatic rings. The van der Waals surface area contributed by atoms with Crippen molar-refractivity contribution < 1.29 is 26.9 Å². The van der Waals surface area contributed by atoms with Gasteiger partial charge in [0.1, 0.15) is 34.6 Å². The van der Waals surface area contributed by atoms with Gasteiger partial charge in [0, 0.05) is 18.2 Å². The molecule has 0 saturated heterocycles. The van der Waals surface area contributed by atoms with Crippen molar-refractivity contribution >= 4 is 5.69 Å². The van der Waals surface area contributed by atoms with Crippen LogP contribution >= 0.6 is 0 Å². The summed E-state index contributed by atoms with van der Waals surface area (Å²) in [6, 6.07) is 1.04. The van der Waals surface area contributed by atoms with Gasteiger partial charge in [-0.15, -0.1) is 0 Å². The zero-order valence-electron chi connectivity index (χ0n) is 9.46. The summed E-state index contributed by atoms with van der Waals surface area (Å²) in [5.41, 5.74) is -3.37. The maximum atomic E-state index is 13.6. The molecule has 2 aromatic carbocycles. The van der Waals surface area contributed by atoms with E-state index in [1.807, 2.05) is 0 Å². The Labute approximate surface area is 108 Å². The van der Waals surface area contributed by atoms with Crippen molar-refractivity contribution in [1.29, 1.82) is 0 Å². The van der Waals surface area contributed by atoms with Gasteiger partial charge in [0.15, 0.2) is 0 Å². The smallest absolute Gasteiger partial charge is 0.258 e. The van der Waals surface area contributed by atoms with E-state index in [1.54, 1.807) is 0 Å². The van der Waals surface area contributed by atoms with Crippen molar-refractivity contribution in [1.82, 2.24) is 0 Å². The van der Waals surface area contributed by atoms with Crippen LogP contribution in [0.1, 0.15) is 0 Å². The number of halogens is 5. The number of nitro groups is 1. The Morgan fingerprint density at radius 2 is 1.15 bits per heavy atom. The summed E-state index contributed by atoms with van der Waals surface area (Å²) < 4.78 is 66.5. The summed E-state index contributed by atoms with van der Waals surface area (Å²) in [5.74, 6) is -7.14. The zero-order valence-corrected chi connectivity index (χ0v) is 9.46. The van der Waals surface area contributed by atoms with E-state index in [0.29, 0.717) is 6.07 Å². The third-order valence-corrected chi connectivity index (χ3v) is 2.49. The summed E-state index contributed by atoms with van der Waals surface area (Å²) >= 11 is 0. The van der Waals surface area contributed by atoms with E-state index in [1.165, 1.54) is 0 Å². The van der Waals surface area contributed by atoms with Crippen molar-refractivity contribution in [2.24, 2.45) is 0 Å². The molecule has 0 amide bonds. The van der Waals surface area contributed by atoms with Gasteiger partial charge in [0.2, 0.25) is 0 Å².